The van der Waals surface area contributed by atoms with E-state index in [0.717, 1.165) is 62.2 Å². The predicted molar refractivity (Wildman–Crippen MR) is 107 cm³/mol. The topological polar surface area (TPSA) is 94.0 Å². The number of nitrogens with zero attached hydrogens (tertiary/aromatic N) is 3. The lowest BCUT2D eigenvalue weighted by molar-refractivity contribution is -0.127. The van der Waals surface area contributed by atoms with Crippen LogP contribution in [0.5, 0.6) is 0 Å². The van der Waals surface area contributed by atoms with Gasteiger partial charge in [-0.2, -0.15) is 5.26 Å². The summed E-state index contributed by atoms with van der Waals surface area (Å²) in [7, 11) is 0. The summed E-state index contributed by atoms with van der Waals surface area (Å²) in [6.07, 6.45) is 8.81. The van der Waals surface area contributed by atoms with E-state index in [9.17, 15) is 10.1 Å². The molecule has 146 valence electrons. The molecule has 1 amide bonds. The molecule has 0 aliphatic carbocycles. The van der Waals surface area contributed by atoms with Crippen LogP contribution in [0.25, 0.3) is 11.0 Å². The SMILES string of the molecule is C=CC(=O)N1CCC[C@@H](Nc2c(C#N)cnc3[nH]cc(C4CCOCC4)c23)C1. The number of nitrogens with one attached hydrogen (secondary N) is 2. The van der Waals surface area contributed by atoms with Crippen LogP contribution in [0.3, 0.4) is 0 Å². The van der Waals surface area contributed by atoms with Gasteiger partial charge in [-0.3, -0.25) is 4.79 Å². The van der Waals surface area contributed by atoms with E-state index in [4.69, 9.17) is 4.74 Å². The van der Waals surface area contributed by atoms with Crippen LogP contribution in [-0.4, -0.2) is 53.1 Å². The first-order valence-electron chi connectivity index (χ1n) is 9.87. The molecule has 2 aliphatic rings. The van der Waals surface area contributed by atoms with Crippen molar-refractivity contribution in [2.45, 2.75) is 37.6 Å². The maximum Gasteiger partial charge on any atom is 0.246 e. The number of rotatable bonds is 4. The summed E-state index contributed by atoms with van der Waals surface area (Å²) in [5.41, 5.74) is 3.35. The van der Waals surface area contributed by atoms with Crippen molar-refractivity contribution in [2.24, 2.45) is 0 Å². The Morgan fingerprint density at radius 3 is 3.00 bits per heavy atom. The summed E-state index contributed by atoms with van der Waals surface area (Å²) in [5, 5.41) is 14.3. The molecule has 0 radical (unpaired) electrons. The van der Waals surface area contributed by atoms with Crippen LogP contribution in [0.15, 0.2) is 25.0 Å². The van der Waals surface area contributed by atoms with Gasteiger partial charge in [-0.25, -0.2) is 4.98 Å². The number of amides is 1. The van der Waals surface area contributed by atoms with Gasteiger partial charge in [0.05, 0.1) is 11.3 Å². The van der Waals surface area contributed by atoms with Crippen LogP contribution in [0.2, 0.25) is 0 Å². The highest BCUT2D eigenvalue weighted by Gasteiger charge is 2.26. The van der Waals surface area contributed by atoms with Crippen LogP contribution in [0.4, 0.5) is 5.69 Å². The van der Waals surface area contributed by atoms with Gasteiger partial charge in [-0.1, -0.05) is 6.58 Å². The quantitative estimate of drug-likeness (QED) is 0.797. The lowest BCUT2D eigenvalue weighted by atomic mass is 9.90. The van der Waals surface area contributed by atoms with E-state index in [0.29, 0.717) is 18.0 Å². The van der Waals surface area contributed by atoms with Crippen LogP contribution < -0.4 is 5.32 Å². The van der Waals surface area contributed by atoms with Gasteiger partial charge in [0.2, 0.25) is 5.91 Å². The number of fused-ring (bicyclic) bond motifs is 1. The van der Waals surface area contributed by atoms with Crippen LogP contribution >= 0.6 is 0 Å². The Morgan fingerprint density at radius 1 is 1.43 bits per heavy atom. The highest BCUT2D eigenvalue weighted by Crippen LogP contribution is 2.37. The Morgan fingerprint density at radius 2 is 2.25 bits per heavy atom. The Balaban J connectivity index is 1.68. The molecule has 0 aromatic carbocycles. The molecule has 2 saturated heterocycles. The number of H-pyrrole nitrogens is 1. The molecule has 2 aliphatic heterocycles. The van der Waals surface area contributed by atoms with Gasteiger partial charge in [0.1, 0.15) is 11.7 Å². The van der Waals surface area contributed by atoms with Gasteiger partial charge >= 0.3 is 0 Å². The Kier molecular flexibility index (Phi) is 5.31. The number of pyridine rings is 1. The first-order chi connectivity index (χ1) is 13.7. The molecule has 7 heteroatoms. The Labute approximate surface area is 164 Å². The predicted octanol–water partition coefficient (Wildman–Crippen LogP) is 2.92. The second kappa shape index (κ2) is 8.03. The summed E-state index contributed by atoms with van der Waals surface area (Å²) < 4.78 is 5.51. The molecule has 0 bridgehead atoms. The Hall–Kier alpha value is -2.85. The van der Waals surface area contributed by atoms with Crippen molar-refractivity contribution in [3.63, 3.8) is 0 Å². The molecule has 0 spiro atoms. The summed E-state index contributed by atoms with van der Waals surface area (Å²) in [6, 6.07) is 2.37. The van der Waals surface area contributed by atoms with E-state index in [1.54, 1.807) is 6.20 Å². The normalized spacial score (nSPS) is 20.7. The zero-order valence-electron chi connectivity index (χ0n) is 15.9. The zero-order chi connectivity index (χ0) is 19.5. The molecule has 2 aromatic rings. The number of anilines is 1. The van der Waals surface area contributed by atoms with Gasteiger partial charge in [0.15, 0.2) is 0 Å². The largest absolute Gasteiger partial charge is 0.381 e. The number of carbonyl (C=O) groups excluding carboxylic acids is 1. The van der Waals surface area contributed by atoms with Crippen molar-refractivity contribution < 1.29 is 9.53 Å². The molecule has 28 heavy (non-hydrogen) atoms. The number of hydrogen-bond donors (Lipinski definition) is 2. The third-order valence-electron chi connectivity index (χ3n) is 5.77. The lowest BCUT2D eigenvalue weighted by Crippen LogP contribution is -2.44. The molecule has 2 aromatic heterocycles. The third-order valence-corrected chi connectivity index (χ3v) is 5.77. The van der Waals surface area contributed by atoms with E-state index in [2.05, 4.69) is 27.9 Å². The van der Waals surface area contributed by atoms with Crippen LogP contribution in [0, 0.1) is 11.3 Å². The fraction of sp³-hybridized carbons (Fsp3) is 0.476. The lowest BCUT2D eigenvalue weighted by Gasteiger charge is -2.33. The second-order valence-corrected chi connectivity index (χ2v) is 7.48. The van der Waals surface area contributed by atoms with Crippen molar-refractivity contribution in [3.05, 3.63) is 36.2 Å². The highest BCUT2D eigenvalue weighted by atomic mass is 16.5. The fourth-order valence-corrected chi connectivity index (χ4v) is 4.31. The van der Waals surface area contributed by atoms with E-state index in [1.165, 1.54) is 11.6 Å². The minimum Gasteiger partial charge on any atom is -0.381 e. The summed E-state index contributed by atoms with van der Waals surface area (Å²) in [5.74, 6) is 0.348. The molecule has 2 N–H and O–H groups in total. The van der Waals surface area contributed by atoms with E-state index >= 15 is 0 Å². The minimum absolute atomic E-state index is 0.0450. The van der Waals surface area contributed by atoms with Crippen molar-refractivity contribution in [1.29, 1.82) is 5.26 Å². The number of aromatic nitrogens is 2. The average molecular weight is 379 g/mol. The van der Waals surface area contributed by atoms with Gasteiger partial charge in [-0.05, 0) is 43.2 Å². The number of aromatic amines is 1. The van der Waals surface area contributed by atoms with E-state index in [-0.39, 0.29) is 11.9 Å². The molecule has 7 nitrogen and oxygen atoms in total. The fourth-order valence-electron chi connectivity index (χ4n) is 4.31. The summed E-state index contributed by atoms with van der Waals surface area (Å²) in [6.45, 7) is 6.46. The summed E-state index contributed by atoms with van der Waals surface area (Å²) in [4.78, 5) is 21.6. The van der Waals surface area contributed by atoms with Crippen LogP contribution in [-0.2, 0) is 9.53 Å². The Bertz CT molecular complexity index is 923. The number of likely N-dealkylation sites (tertiary alicyclic amines) is 1. The molecule has 0 saturated carbocycles. The van der Waals surface area contributed by atoms with E-state index in [1.807, 2.05) is 11.1 Å². The smallest absolute Gasteiger partial charge is 0.246 e. The maximum atomic E-state index is 12.0. The molecular formula is C21H25N5O2. The first kappa shape index (κ1) is 18.5. The second-order valence-electron chi connectivity index (χ2n) is 7.48. The van der Waals surface area contributed by atoms with Crippen molar-refractivity contribution in [3.8, 4) is 6.07 Å². The highest BCUT2D eigenvalue weighted by molar-refractivity contribution is 5.96. The van der Waals surface area contributed by atoms with Gasteiger partial charge < -0.3 is 19.9 Å². The van der Waals surface area contributed by atoms with Crippen molar-refractivity contribution in [1.82, 2.24) is 14.9 Å². The third kappa shape index (κ3) is 3.48. The number of piperidine rings is 1. The first-order valence-corrected chi connectivity index (χ1v) is 9.87. The number of hydrogen-bond acceptors (Lipinski definition) is 5. The average Bonchev–Trinajstić information content (AvgIpc) is 3.19. The number of ether oxygens (including phenoxy) is 1. The monoisotopic (exact) mass is 379 g/mol. The van der Waals surface area contributed by atoms with Crippen molar-refractivity contribution >= 4 is 22.6 Å². The standard InChI is InChI=1S/C21H25N5O2/c1-2-18(27)26-7-3-4-16(13-26)25-20-15(10-22)11-23-21-19(20)17(12-24-21)14-5-8-28-9-6-14/h2,11-12,14,16H,1,3-9,13H2,(H2,23,24,25)/t16-/m1/s1. The molecule has 2 fully saturated rings. The molecule has 1 atom stereocenters. The van der Waals surface area contributed by atoms with Gasteiger partial charge in [-0.15, -0.1) is 0 Å². The van der Waals surface area contributed by atoms with E-state index < -0.39 is 0 Å². The molecule has 4 rings (SSSR count). The minimum atomic E-state index is -0.0450. The molecule has 4 heterocycles. The number of carbonyl (C=O) groups is 1. The van der Waals surface area contributed by atoms with Gasteiger partial charge in [0.25, 0.3) is 0 Å². The van der Waals surface area contributed by atoms with Crippen LogP contribution in [0.1, 0.15) is 42.7 Å². The van der Waals surface area contributed by atoms with Crippen molar-refractivity contribution in [2.75, 3.05) is 31.6 Å². The number of nitriles is 1. The van der Waals surface area contributed by atoms with Gasteiger partial charge in [0, 0.05) is 50.1 Å². The molecular weight excluding hydrogens is 354 g/mol. The maximum absolute atomic E-state index is 12.0. The summed E-state index contributed by atoms with van der Waals surface area (Å²) >= 11 is 0. The zero-order valence-corrected chi connectivity index (χ0v) is 15.9. The molecule has 0 unspecified atom stereocenters.